The predicted octanol–water partition coefficient (Wildman–Crippen LogP) is 2.53. The number of benzene rings is 1. The number of carbonyl (C=O) groups is 1. The topological polar surface area (TPSA) is 26.3 Å². The van der Waals surface area contributed by atoms with Crippen molar-refractivity contribution in [3.05, 3.63) is 29.6 Å². The first-order valence-corrected chi connectivity index (χ1v) is 4.40. The predicted molar refractivity (Wildman–Crippen MR) is 52.0 cm³/mol. The van der Waals surface area contributed by atoms with Crippen molar-refractivity contribution in [2.24, 2.45) is 0 Å². The average molecular weight is 196 g/mol. The Morgan fingerprint density at radius 1 is 1.50 bits per heavy atom. The molecule has 1 aromatic rings. The molecule has 0 aliphatic rings. The summed E-state index contributed by atoms with van der Waals surface area (Å²) in [4.78, 5) is 11.1. The molecule has 0 saturated heterocycles. The quantitative estimate of drug-likeness (QED) is 0.742. The first kappa shape index (κ1) is 10.7. The van der Waals surface area contributed by atoms with Crippen molar-refractivity contribution in [2.45, 2.75) is 19.8 Å². The highest BCUT2D eigenvalue weighted by Gasteiger charge is 2.19. The van der Waals surface area contributed by atoms with Crippen molar-refractivity contribution >= 4 is 5.78 Å². The summed E-state index contributed by atoms with van der Waals surface area (Å²) in [6.45, 7) is 3.11. The van der Waals surface area contributed by atoms with Gasteiger partial charge in [0.15, 0.2) is 0 Å². The molecule has 1 rings (SSSR count). The summed E-state index contributed by atoms with van der Waals surface area (Å²) in [7, 11) is 1.46. The van der Waals surface area contributed by atoms with E-state index in [1.807, 2.05) is 0 Å². The summed E-state index contributed by atoms with van der Waals surface area (Å²) in [6.07, 6.45) is 0. The second-order valence-corrected chi connectivity index (χ2v) is 3.19. The molecule has 0 saturated carbocycles. The third-order valence-corrected chi connectivity index (χ3v) is 2.28. The van der Waals surface area contributed by atoms with Crippen LogP contribution >= 0.6 is 0 Å². The van der Waals surface area contributed by atoms with Gasteiger partial charge in [-0.3, -0.25) is 4.79 Å². The van der Waals surface area contributed by atoms with Crippen molar-refractivity contribution in [3.8, 4) is 5.75 Å². The Kier molecular flexibility index (Phi) is 3.23. The minimum absolute atomic E-state index is 0.0756. The van der Waals surface area contributed by atoms with Crippen molar-refractivity contribution in [1.29, 1.82) is 0 Å². The first-order valence-electron chi connectivity index (χ1n) is 4.40. The van der Waals surface area contributed by atoms with E-state index in [-0.39, 0.29) is 5.78 Å². The molecule has 0 amide bonds. The maximum absolute atomic E-state index is 13.4. The highest BCUT2D eigenvalue weighted by molar-refractivity contribution is 5.83. The minimum Gasteiger partial charge on any atom is -0.496 e. The Hall–Kier alpha value is -1.38. The zero-order valence-electron chi connectivity index (χ0n) is 8.50. The Balaban J connectivity index is 3.23. The molecular weight excluding hydrogens is 183 g/mol. The molecule has 76 valence electrons. The van der Waals surface area contributed by atoms with Crippen LogP contribution in [0, 0.1) is 5.82 Å². The van der Waals surface area contributed by atoms with Crippen LogP contribution in [0.1, 0.15) is 25.3 Å². The van der Waals surface area contributed by atoms with Gasteiger partial charge in [-0.25, -0.2) is 4.39 Å². The Labute approximate surface area is 82.7 Å². The van der Waals surface area contributed by atoms with E-state index >= 15 is 0 Å². The number of hydrogen-bond donors (Lipinski definition) is 0. The monoisotopic (exact) mass is 196 g/mol. The second-order valence-electron chi connectivity index (χ2n) is 3.19. The summed E-state index contributed by atoms with van der Waals surface area (Å²) < 4.78 is 18.4. The number of rotatable bonds is 3. The molecular formula is C11H13FO2. The summed E-state index contributed by atoms with van der Waals surface area (Å²) in [5, 5.41) is 0. The van der Waals surface area contributed by atoms with E-state index in [0.717, 1.165) is 0 Å². The molecule has 0 spiro atoms. The van der Waals surface area contributed by atoms with Crippen LogP contribution in [-0.2, 0) is 4.79 Å². The molecule has 0 fully saturated rings. The number of ether oxygens (including phenoxy) is 1. The normalized spacial score (nSPS) is 12.3. The van der Waals surface area contributed by atoms with Crippen LogP contribution in [-0.4, -0.2) is 12.9 Å². The molecule has 2 nitrogen and oxygen atoms in total. The number of methoxy groups -OCH3 is 1. The van der Waals surface area contributed by atoms with Gasteiger partial charge in [0.25, 0.3) is 0 Å². The summed E-state index contributed by atoms with van der Waals surface area (Å²) in [5.74, 6) is -0.515. The van der Waals surface area contributed by atoms with E-state index in [1.165, 1.54) is 20.1 Å². The maximum atomic E-state index is 13.4. The van der Waals surface area contributed by atoms with Gasteiger partial charge in [0.05, 0.1) is 7.11 Å². The van der Waals surface area contributed by atoms with Gasteiger partial charge in [-0.1, -0.05) is 13.0 Å². The van der Waals surface area contributed by atoms with Crippen LogP contribution in [0.3, 0.4) is 0 Å². The van der Waals surface area contributed by atoms with Gasteiger partial charge in [-0.15, -0.1) is 0 Å². The Bertz CT molecular complexity index is 347. The van der Waals surface area contributed by atoms with Crippen LogP contribution in [0.2, 0.25) is 0 Å². The molecule has 3 heteroatoms. The van der Waals surface area contributed by atoms with Crippen molar-refractivity contribution in [1.82, 2.24) is 0 Å². The number of ketones is 1. The van der Waals surface area contributed by atoms with Crippen LogP contribution < -0.4 is 4.74 Å². The fourth-order valence-electron chi connectivity index (χ4n) is 1.32. The van der Waals surface area contributed by atoms with E-state index in [1.54, 1.807) is 19.1 Å². The maximum Gasteiger partial charge on any atom is 0.137 e. The fourth-order valence-corrected chi connectivity index (χ4v) is 1.32. The van der Waals surface area contributed by atoms with Gasteiger partial charge in [0.2, 0.25) is 0 Å². The molecule has 1 unspecified atom stereocenters. The molecule has 1 aromatic carbocycles. The third-order valence-electron chi connectivity index (χ3n) is 2.28. The van der Waals surface area contributed by atoms with Crippen molar-refractivity contribution < 1.29 is 13.9 Å². The van der Waals surface area contributed by atoms with Crippen LogP contribution in [0.15, 0.2) is 18.2 Å². The van der Waals surface area contributed by atoms with Crippen molar-refractivity contribution in [3.63, 3.8) is 0 Å². The smallest absolute Gasteiger partial charge is 0.137 e. The standard InChI is InChI=1S/C11H13FO2/c1-7(8(2)13)11-9(12)5-4-6-10(11)14-3/h4-7H,1-3H3. The zero-order valence-corrected chi connectivity index (χ0v) is 8.50. The Morgan fingerprint density at radius 2 is 2.14 bits per heavy atom. The molecule has 0 aliphatic heterocycles. The molecule has 0 heterocycles. The lowest BCUT2D eigenvalue weighted by atomic mass is 9.96. The molecule has 0 bridgehead atoms. The van der Waals surface area contributed by atoms with Gasteiger partial charge >= 0.3 is 0 Å². The van der Waals surface area contributed by atoms with E-state index in [9.17, 15) is 9.18 Å². The van der Waals surface area contributed by atoms with E-state index < -0.39 is 11.7 Å². The Morgan fingerprint density at radius 3 is 2.64 bits per heavy atom. The summed E-state index contributed by atoms with van der Waals surface area (Å²) in [5.41, 5.74) is 0.336. The van der Waals surface area contributed by atoms with Gasteiger partial charge in [-0.2, -0.15) is 0 Å². The third kappa shape index (κ3) is 1.92. The molecule has 0 radical (unpaired) electrons. The zero-order chi connectivity index (χ0) is 10.7. The van der Waals surface area contributed by atoms with E-state index in [4.69, 9.17) is 4.74 Å². The van der Waals surface area contributed by atoms with Gasteiger partial charge < -0.3 is 4.74 Å². The highest BCUT2D eigenvalue weighted by atomic mass is 19.1. The SMILES string of the molecule is COc1cccc(F)c1C(C)C(C)=O. The van der Waals surface area contributed by atoms with E-state index in [2.05, 4.69) is 0 Å². The van der Waals surface area contributed by atoms with Gasteiger partial charge in [-0.05, 0) is 19.1 Å². The molecule has 14 heavy (non-hydrogen) atoms. The second kappa shape index (κ2) is 4.22. The summed E-state index contributed by atoms with van der Waals surface area (Å²) in [6, 6.07) is 4.54. The van der Waals surface area contributed by atoms with Crippen LogP contribution in [0.5, 0.6) is 5.75 Å². The number of halogens is 1. The lowest BCUT2D eigenvalue weighted by Crippen LogP contribution is -2.08. The molecule has 0 N–H and O–H groups in total. The van der Waals surface area contributed by atoms with Gasteiger partial charge in [0, 0.05) is 11.5 Å². The molecule has 0 aliphatic carbocycles. The minimum atomic E-state index is -0.467. The number of hydrogen-bond acceptors (Lipinski definition) is 2. The van der Waals surface area contributed by atoms with Crippen molar-refractivity contribution in [2.75, 3.05) is 7.11 Å². The fraction of sp³-hybridized carbons (Fsp3) is 0.364. The van der Waals surface area contributed by atoms with Crippen LogP contribution in [0.4, 0.5) is 4.39 Å². The first-order chi connectivity index (χ1) is 6.57. The molecule has 1 atom stereocenters. The van der Waals surface area contributed by atoms with Gasteiger partial charge in [0.1, 0.15) is 17.3 Å². The number of Topliss-reactive ketones (excluding diaryl/α,β-unsaturated/α-hetero) is 1. The highest BCUT2D eigenvalue weighted by Crippen LogP contribution is 2.29. The lowest BCUT2D eigenvalue weighted by Gasteiger charge is -2.13. The molecule has 0 aromatic heterocycles. The van der Waals surface area contributed by atoms with E-state index in [0.29, 0.717) is 11.3 Å². The van der Waals surface area contributed by atoms with Crippen LogP contribution in [0.25, 0.3) is 0 Å². The lowest BCUT2D eigenvalue weighted by molar-refractivity contribution is -0.118. The largest absolute Gasteiger partial charge is 0.496 e. The summed E-state index contributed by atoms with van der Waals surface area (Å²) >= 11 is 0. The average Bonchev–Trinajstić information content (AvgIpc) is 2.16. The number of carbonyl (C=O) groups excluding carboxylic acids is 1.